The van der Waals surface area contributed by atoms with Gasteiger partial charge in [-0.15, -0.1) is 0 Å². The zero-order valence-electron chi connectivity index (χ0n) is 10.1. The van der Waals surface area contributed by atoms with Crippen molar-refractivity contribution in [2.45, 2.75) is 5.16 Å². The van der Waals surface area contributed by atoms with Gasteiger partial charge in [0.05, 0.1) is 0 Å². The number of nitrogens with two attached hydrogens (primary N) is 1. The molecule has 1 aromatic heterocycles. The van der Waals surface area contributed by atoms with Crippen molar-refractivity contribution in [3.63, 3.8) is 0 Å². The molecule has 2 aromatic rings. The maximum Gasteiger partial charge on any atom is 0.253 e. The predicted octanol–water partition coefficient (Wildman–Crippen LogP) is 1.33. The van der Waals surface area contributed by atoms with E-state index in [1.54, 1.807) is 24.3 Å². The molecule has 2 rings (SSSR count). The van der Waals surface area contributed by atoms with Crippen LogP contribution < -0.4 is 16.6 Å². The summed E-state index contributed by atoms with van der Waals surface area (Å²) in [5, 5.41) is 3.52. The lowest BCUT2D eigenvalue weighted by Crippen LogP contribution is -2.11. The fourth-order valence-electron chi connectivity index (χ4n) is 1.46. The lowest BCUT2D eigenvalue weighted by molar-refractivity contribution is 0.100. The van der Waals surface area contributed by atoms with Crippen LogP contribution in [-0.4, -0.2) is 22.1 Å². The lowest BCUT2D eigenvalue weighted by atomic mass is 10.2. The van der Waals surface area contributed by atoms with Crippen molar-refractivity contribution in [2.24, 2.45) is 5.73 Å². The average Bonchev–Trinajstić information content (AvgIpc) is 2.38. The van der Waals surface area contributed by atoms with E-state index in [0.717, 1.165) is 5.69 Å². The maximum atomic E-state index is 11.4. The Kier molecular flexibility index (Phi) is 3.86. The molecule has 1 aromatic carbocycles. The third-order valence-electron chi connectivity index (χ3n) is 2.36. The minimum absolute atomic E-state index is 0.226. The number of amides is 1. The van der Waals surface area contributed by atoms with Crippen LogP contribution in [0.3, 0.4) is 0 Å². The number of hydrogen-bond acceptors (Lipinski definition) is 5. The number of carbonyl (C=O) groups excluding carboxylic acids is 1. The Bertz CT molecular complexity index is 652. The summed E-state index contributed by atoms with van der Waals surface area (Å²) >= 11 is 1.35. The van der Waals surface area contributed by atoms with Gasteiger partial charge in [0.1, 0.15) is 5.82 Å². The van der Waals surface area contributed by atoms with Gasteiger partial charge in [-0.25, -0.2) is 4.98 Å². The number of nitrogens with zero attached hydrogens (tertiary/aromatic N) is 1. The molecular weight excluding hydrogens is 264 g/mol. The fraction of sp³-hybridized carbons (Fsp3) is 0.0833. The van der Waals surface area contributed by atoms with Gasteiger partial charge in [-0.2, -0.15) is 0 Å². The van der Waals surface area contributed by atoms with Crippen LogP contribution >= 0.6 is 11.8 Å². The van der Waals surface area contributed by atoms with Gasteiger partial charge in [-0.3, -0.25) is 9.59 Å². The van der Waals surface area contributed by atoms with Gasteiger partial charge >= 0.3 is 0 Å². The first-order chi connectivity index (χ1) is 9.08. The molecule has 0 bridgehead atoms. The molecule has 0 aliphatic heterocycles. The monoisotopic (exact) mass is 276 g/mol. The summed E-state index contributed by atoms with van der Waals surface area (Å²) < 4.78 is 0. The average molecular weight is 276 g/mol. The van der Waals surface area contributed by atoms with E-state index in [4.69, 9.17) is 5.73 Å². The highest BCUT2D eigenvalue weighted by Crippen LogP contribution is 2.16. The number of benzene rings is 1. The van der Waals surface area contributed by atoms with E-state index in [-0.39, 0.29) is 5.56 Å². The number of aromatic amines is 1. The number of aromatic nitrogens is 2. The molecule has 0 saturated heterocycles. The van der Waals surface area contributed by atoms with Gasteiger partial charge in [-0.05, 0) is 30.5 Å². The minimum Gasteiger partial charge on any atom is -0.366 e. The SMILES string of the molecule is CSc1nc(Nc2ccc(C(N)=O)cc2)cc(=O)[nH]1. The highest BCUT2D eigenvalue weighted by Gasteiger charge is 2.03. The van der Waals surface area contributed by atoms with Gasteiger partial charge in [0.15, 0.2) is 5.16 Å². The van der Waals surface area contributed by atoms with Gasteiger partial charge < -0.3 is 16.0 Å². The van der Waals surface area contributed by atoms with Crippen molar-refractivity contribution in [1.29, 1.82) is 0 Å². The van der Waals surface area contributed by atoms with E-state index in [1.165, 1.54) is 17.8 Å². The molecule has 6 nitrogen and oxygen atoms in total. The van der Waals surface area contributed by atoms with Crippen molar-refractivity contribution in [1.82, 2.24) is 9.97 Å². The van der Waals surface area contributed by atoms with Crippen LogP contribution in [0, 0.1) is 0 Å². The molecule has 7 heteroatoms. The number of H-pyrrole nitrogens is 1. The second-order valence-corrected chi connectivity index (χ2v) is 4.50. The van der Waals surface area contributed by atoms with Crippen LogP contribution in [0.25, 0.3) is 0 Å². The summed E-state index contributed by atoms with van der Waals surface area (Å²) in [5.74, 6) is -0.0366. The largest absolute Gasteiger partial charge is 0.366 e. The van der Waals surface area contributed by atoms with Gasteiger partial charge in [0.25, 0.3) is 5.56 Å². The number of thioether (sulfide) groups is 1. The Morgan fingerprint density at radius 1 is 1.37 bits per heavy atom. The Balaban J connectivity index is 2.23. The number of hydrogen-bond donors (Lipinski definition) is 3. The molecule has 98 valence electrons. The first-order valence-electron chi connectivity index (χ1n) is 5.41. The van der Waals surface area contributed by atoms with Crippen LogP contribution in [0.1, 0.15) is 10.4 Å². The zero-order chi connectivity index (χ0) is 13.8. The topological polar surface area (TPSA) is 101 Å². The van der Waals surface area contributed by atoms with Crippen molar-refractivity contribution in [3.8, 4) is 0 Å². The molecule has 0 saturated carbocycles. The number of nitrogens with one attached hydrogen (secondary N) is 2. The molecule has 0 radical (unpaired) electrons. The van der Waals surface area contributed by atoms with E-state index in [0.29, 0.717) is 16.5 Å². The lowest BCUT2D eigenvalue weighted by Gasteiger charge is -2.06. The van der Waals surface area contributed by atoms with E-state index < -0.39 is 5.91 Å². The Labute approximate surface area is 113 Å². The van der Waals surface area contributed by atoms with Crippen molar-refractivity contribution < 1.29 is 4.79 Å². The summed E-state index contributed by atoms with van der Waals surface area (Å²) in [6.45, 7) is 0. The van der Waals surface area contributed by atoms with Gasteiger partial charge in [-0.1, -0.05) is 11.8 Å². The normalized spacial score (nSPS) is 10.2. The first kappa shape index (κ1) is 13.2. The highest BCUT2D eigenvalue weighted by atomic mass is 32.2. The molecule has 1 amide bonds. The second kappa shape index (κ2) is 5.57. The van der Waals surface area contributed by atoms with E-state index in [1.807, 2.05) is 6.26 Å². The first-order valence-corrected chi connectivity index (χ1v) is 6.63. The van der Waals surface area contributed by atoms with E-state index in [2.05, 4.69) is 15.3 Å². The van der Waals surface area contributed by atoms with Crippen LogP contribution in [0.2, 0.25) is 0 Å². The van der Waals surface area contributed by atoms with Crippen LogP contribution in [0.4, 0.5) is 11.5 Å². The Hall–Kier alpha value is -2.28. The third-order valence-corrected chi connectivity index (χ3v) is 2.94. The van der Waals surface area contributed by atoms with Crippen LogP contribution in [0.5, 0.6) is 0 Å². The quantitative estimate of drug-likeness (QED) is 0.578. The van der Waals surface area contributed by atoms with Crippen LogP contribution in [-0.2, 0) is 0 Å². The Morgan fingerprint density at radius 2 is 2.05 bits per heavy atom. The number of rotatable bonds is 4. The minimum atomic E-state index is -0.481. The molecular formula is C12H12N4O2S. The molecule has 4 N–H and O–H groups in total. The van der Waals surface area contributed by atoms with Gasteiger partial charge in [0, 0.05) is 17.3 Å². The predicted molar refractivity (Wildman–Crippen MR) is 74.9 cm³/mol. The third kappa shape index (κ3) is 3.35. The second-order valence-electron chi connectivity index (χ2n) is 3.71. The summed E-state index contributed by atoms with van der Waals surface area (Å²) in [7, 11) is 0. The molecule has 0 atom stereocenters. The summed E-state index contributed by atoms with van der Waals surface area (Å²) in [4.78, 5) is 29.1. The smallest absolute Gasteiger partial charge is 0.253 e. The number of carbonyl (C=O) groups is 1. The van der Waals surface area contributed by atoms with E-state index >= 15 is 0 Å². The van der Waals surface area contributed by atoms with E-state index in [9.17, 15) is 9.59 Å². The number of anilines is 2. The number of primary amides is 1. The molecule has 1 heterocycles. The van der Waals surface area contributed by atoms with Crippen molar-refractivity contribution >= 4 is 29.2 Å². The fourth-order valence-corrected chi connectivity index (χ4v) is 1.85. The molecule has 0 aliphatic carbocycles. The molecule has 0 spiro atoms. The molecule has 0 aliphatic rings. The van der Waals surface area contributed by atoms with Crippen LogP contribution in [0.15, 0.2) is 40.3 Å². The standard InChI is InChI=1S/C12H12N4O2S/c1-19-12-15-9(6-10(17)16-12)14-8-4-2-7(3-5-8)11(13)18/h2-6H,1H3,(H2,13,18)(H2,14,15,16,17). The molecule has 19 heavy (non-hydrogen) atoms. The molecule has 0 unspecified atom stereocenters. The van der Waals surface area contributed by atoms with Crippen molar-refractivity contribution in [3.05, 3.63) is 46.2 Å². The highest BCUT2D eigenvalue weighted by molar-refractivity contribution is 7.98. The maximum absolute atomic E-state index is 11.4. The Morgan fingerprint density at radius 3 is 2.63 bits per heavy atom. The van der Waals surface area contributed by atoms with Gasteiger partial charge in [0.2, 0.25) is 5.91 Å². The summed E-state index contributed by atoms with van der Waals surface area (Å²) in [6, 6.07) is 7.96. The summed E-state index contributed by atoms with van der Waals surface area (Å²) in [6.07, 6.45) is 1.82. The summed E-state index contributed by atoms with van der Waals surface area (Å²) in [5.41, 5.74) is 6.07. The molecule has 0 fully saturated rings. The van der Waals surface area contributed by atoms with Crippen molar-refractivity contribution in [2.75, 3.05) is 11.6 Å². The zero-order valence-corrected chi connectivity index (χ0v) is 11.0.